The molecule has 0 aromatic rings. The van der Waals surface area contributed by atoms with Gasteiger partial charge < -0.3 is 0 Å². The third kappa shape index (κ3) is 9.92. The van der Waals surface area contributed by atoms with Crippen LogP contribution in [0.2, 0.25) is 0 Å². The van der Waals surface area contributed by atoms with E-state index in [2.05, 4.69) is 20.8 Å². The minimum atomic E-state index is 0.918. The van der Waals surface area contributed by atoms with Gasteiger partial charge in [0.25, 0.3) is 0 Å². The topological polar surface area (TPSA) is 0 Å². The molecule has 1 atom stereocenters. The molecule has 0 bridgehead atoms. The smallest absolute Gasteiger partial charge is 0.0443 e. The van der Waals surface area contributed by atoms with Crippen LogP contribution in [0.5, 0.6) is 0 Å². The second-order valence-corrected chi connectivity index (χ2v) is 4.16. The summed E-state index contributed by atoms with van der Waals surface area (Å²) in [5.74, 6) is 0.918. The van der Waals surface area contributed by atoms with Gasteiger partial charge in [0.1, 0.15) is 0 Å². The van der Waals surface area contributed by atoms with E-state index in [0.717, 1.165) is 18.8 Å². The van der Waals surface area contributed by atoms with Crippen molar-refractivity contribution in [2.24, 2.45) is 5.92 Å². The number of hydrogen-bond acceptors (Lipinski definition) is 0. The summed E-state index contributed by atoms with van der Waals surface area (Å²) in [5, 5.41) is 0. The van der Waals surface area contributed by atoms with Crippen LogP contribution in [-0.4, -0.2) is 0 Å². The fraction of sp³-hybridized carbons (Fsp3) is 0.846. The molecule has 0 rings (SSSR count). The highest BCUT2D eigenvalue weighted by Gasteiger charge is 2.00. The summed E-state index contributed by atoms with van der Waals surface area (Å²) in [6.07, 6.45) is 11.8. The van der Waals surface area contributed by atoms with Gasteiger partial charge in [-0.15, -0.1) is 0 Å². The highest BCUT2D eigenvalue weighted by molar-refractivity contribution is 4.55. The van der Waals surface area contributed by atoms with Crippen LogP contribution in [-0.2, 0) is 0 Å². The summed E-state index contributed by atoms with van der Waals surface area (Å²) >= 11 is 0. The maximum absolute atomic E-state index is 3.87. The lowest BCUT2D eigenvalue weighted by atomic mass is 9.97. The van der Waals surface area contributed by atoms with E-state index in [0.29, 0.717) is 0 Å². The molecule has 0 aliphatic carbocycles. The van der Waals surface area contributed by atoms with Crippen molar-refractivity contribution < 1.29 is 0 Å². The van der Waals surface area contributed by atoms with Crippen LogP contribution in [0.25, 0.3) is 0 Å². The summed E-state index contributed by atoms with van der Waals surface area (Å²) < 4.78 is 0. The Bertz CT molecular complexity index is 86.0. The molecule has 13 heavy (non-hydrogen) atoms. The molecule has 0 spiro atoms. The molecule has 0 amide bonds. The Morgan fingerprint density at radius 1 is 0.769 bits per heavy atom. The zero-order chi connectivity index (χ0) is 9.94. The monoisotopic (exact) mass is 182 g/mol. The molecular weight excluding hydrogens is 156 g/mol. The van der Waals surface area contributed by atoms with Gasteiger partial charge in [-0.2, -0.15) is 0 Å². The van der Waals surface area contributed by atoms with E-state index in [1.54, 1.807) is 0 Å². The van der Waals surface area contributed by atoms with Crippen molar-refractivity contribution in [1.82, 2.24) is 0 Å². The molecule has 0 aliphatic heterocycles. The van der Waals surface area contributed by atoms with Crippen LogP contribution >= 0.6 is 0 Å². The molecule has 0 aromatic heterocycles. The van der Waals surface area contributed by atoms with Crippen molar-refractivity contribution in [3.05, 3.63) is 13.8 Å². The van der Waals surface area contributed by atoms with Crippen LogP contribution < -0.4 is 0 Å². The molecule has 78 valence electrons. The second kappa shape index (κ2) is 10.1. The predicted molar refractivity (Wildman–Crippen MR) is 61.4 cm³/mol. The molecular formula is C13H26. The summed E-state index contributed by atoms with van der Waals surface area (Å²) in [6.45, 7) is 10.1. The van der Waals surface area contributed by atoms with E-state index in [4.69, 9.17) is 0 Å². The lowest BCUT2D eigenvalue weighted by Gasteiger charge is -2.09. The second-order valence-electron chi connectivity index (χ2n) is 4.16. The zero-order valence-corrected chi connectivity index (χ0v) is 9.36. The van der Waals surface area contributed by atoms with Crippen molar-refractivity contribution in [1.29, 1.82) is 0 Å². The van der Waals surface area contributed by atoms with Crippen LogP contribution in [0.15, 0.2) is 0 Å². The fourth-order valence-corrected chi connectivity index (χ4v) is 1.66. The van der Waals surface area contributed by atoms with Gasteiger partial charge in [-0.05, 0) is 5.92 Å². The third-order valence-electron chi connectivity index (χ3n) is 2.64. The Morgan fingerprint density at radius 3 is 1.92 bits per heavy atom. The Hall–Kier alpha value is 0. The molecule has 0 aliphatic rings. The first-order chi connectivity index (χ1) is 6.31. The SMILES string of the molecule is [CH2]CCCCCCC(C)CCC[CH2]. The van der Waals surface area contributed by atoms with Gasteiger partial charge in [-0.3, -0.25) is 0 Å². The third-order valence-corrected chi connectivity index (χ3v) is 2.64. The molecule has 0 N–H and O–H groups in total. The van der Waals surface area contributed by atoms with Crippen LogP contribution in [0.1, 0.15) is 64.7 Å². The molecule has 0 saturated heterocycles. The molecule has 0 nitrogen and oxygen atoms in total. The van der Waals surface area contributed by atoms with E-state index < -0.39 is 0 Å². The van der Waals surface area contributed by atoms with E-state index in [9.17, 15) is 0 Å². The van der Waals surface area contributed by atoms with Gasteiger partial charge in [0.15, 0.2) is 0 Å². The minimum absolute atomic E-state index is 0.918. The average molecular weight is 182 g/mol. The summed E-state index contributed by atoms with van der Waals surface area (Å²) in [7, 11) is 0. The zero-order valence-electron chi connectivity index (χ0n) is 9.36. The lowest BCUT2D eigenvalue weighted by Crippen LogP contribution is -1.94. The van der Waals surface area contributed by atoms with Crippen molar-refractivity contribution >= 4 is 0 Å². The van der Waals surface area contributed by atoms with E-state index in [1.165, 1.54) is 44.9 Å². The average Bonchev–Trinajstić information content (AvgIpc) is 2.14. The molecule has 0 fully saturated rings. The largest absolute Gasteiger partial charge is 0.0625 e. The fourth-order valence-electron chi connectivity index (χ4n) is 1.66. The van der Waals surface area contributed by atoms with Crippen molar-refractivity contribution in [3.8, 4) is 0 Å². The lowest BCUT2D eigenvalue weighted by molar-refractivity contribution is 0.447. The standard InChI is InChI=1S/C13H26/c1-4-6-8-9-10-12-13(3)11-7-5-2/h13H,1-2,4-12H2,3H3. The normalized spacial score (nSPS) is 13.2. The van der Waals surface area contributed by atoms with Gasteiger partial charge in [-0.25, -0.2) is 0 Å². The van der Waals surface area contributed by atoms with Gasteiger partial charge in [0.2, 0.25) is 0 Å². The summed E-state index contributed by atoms with van der Waals surface area (Å²) in [4.78, 5) is 0. The number of hydrogen-bond donors (Lipinski definition) is 0. The molecule has 2 radical (unpaired) electrons. The van der Waals surface area contributed by atoms with Crippen molar-refractivity contribution in [2.45, 2.75) is 64.7 Å². The number of unbranched alkanes of at least 4 members (excludes halogenated alkanes) is 5. The Morgan fingerprint density at radius 2 is 1.31 bits per heavy atom. The van der Waals surface area contributed by atoms with Crippen LogP contribution in [0.3, 0.4) is 0 Å². The van der Waals surface area contributed by atoms with Gasteiger partial charge in [0, 0.05) is 0 Å². The highest BCUT2D eigenvalue weighted by Crippen LogP contribution is 2.16. The maximum Gasteiger partial charge on any atom is -0.0443 e. The first kappa shape index (κ1) is 13.0. The van der Waals surface area contributed by atoms with Crippen molar-refractivity contribution in [2.75, 3.05) is 0 Å². The van der Waals surface area contributed by atoms with Crippen LogP contribution in [0.4, 0.5) is 0 Å². The predicted octanol–water partition coefficient (Wildman–Crippen LogP) is 4.80. The van der Waals surface area contributed by atoms with E-state index in [-0.39, 0.29) is 0 Å². The first-order valence-electron chi connectivity index (χ1n) is 5.89. The minimum Gasteiger partial charge on any atom is -0.0625 e. The van der Waals surface area contributed by atoms with Gasteiger partial charge >= 0.3 is 0 Å². The van der Waals surface area contributed by atoms with Gasteiger partial charge in [-0.1, -0.05) is 78.6 Å². The maximum atomic E-state index is 3.87. The highest BCUT2D eigenvalue weighted by atomic mass is 14.1. The Labute approximate surface area is 85.1 Å². The van der Waals surface area contributed by atoms with Crippen LogP contribution in [0, 0.1) is 19.8 Å². The molecule has 0 heterocycles. The van der Waals surface area contributed by atoms with Gasteiger partial charge in [0.05, 0.1) is 0 Å². The van der Waals surface area contributed by atoms with E-state index >= 15 is 0 Å². The van der Waals surface area contributed by atoms with E-state index in [1.807, 2.05) is 0 Å². The first-order valence-corrected chi connectivity index (χ1v) is 5.89. The Kier molecular flexibility index (Phi) is 10.1. The van der Waals surface area contributed by atoms with Crippen molar-refractivity contribution in [3.63, 3.8) is 0 Å². The number of rotatable bonds is 9. The molecule has 0 saturated carbocycles. The molecule has 0 aromatic carbocycles. The Balaban J connectivity index is 3.03. The molecule has 0 heteroatoms. The summed E-state index contributed by atoms with van der Waals surface area (Å²) in [5.41, 5.74) is 0. The quantitative estimate of drug-likeness (QED) is 0.449. The summed E-state index contributed by atoms with van der Waals surface area (Å²) in [6, 6.07) is 0. The molecule has 1 unspecified atom stereocenters.